The lowest BCUT2D eigenvalue weighted by molar-refractivity contribution is 0.587. The number of rotatable bonds is 3. The van der Waals surface area contributed by atoms with Crippen molar-refractivity contribution in [3.05, 3.63) is 52.6 Å². The Kier molecular flexibility index (Phi) is 4.39. The van der Waals surface area contributed by atoms with Crippen LogP contribution < -0.4 is 4.72 Å². The molecule has 0 aliphatic heterocycles. The molecule has 0 radical (unpaired) electrons. The van der Waals surface area contributed by atoms with E-state index < -0.39 is 10.0 Å². The van der Waals surface area contributed by atoms with Gasteiger partial charge in [-0.2, -0.15) is 0 Å². The molecule has 4 nitrogen and oxygen atoms in total. The summed E-state index contributed by atoms with van der Waals surface area (Å²) >= 11 is 3.21. The second-order valence-electron chi connectivity index (χ2n) is 5.73. The fourth-order valence-corrected chi connectivity index (χ4v) is 3.14. The summed E-state index contributed by atoms with van der Waals surface area (Å²) < 4.78 is 27.7. The molecule has 0 aliphatic rings. The molecule has 6 heteroatoms. The molecule has 1 aromatic carbocycles. The van der Waals surface area contributed by atoms with Crippen LogP contribution in [0.3, 0.4) is 0 Å². The predicted molar refractivity (Wildman–Crippen MR) is 87.9 cm³/mol. The van der Waals surface area contributed by atoms with E-state index in [4.69, 9.17) is 0 Å². The van der Waals surface area contributed by atoms with E-state index in [1.807, 2.05) is 12.1 Å². The highest BCUT2D eigenvalue weighted by Crippen LogP contribution is 2.24. The molecular weight excluding hydrogens is 352 g/mol. The summed E-state index contributed by atoms with van der Waals surface area (Å²) in [6.45, 7) is 6.25. The van der Waals surface area contributed by atoms with Gasteiger partial charge < -0.3 is 0 Å². The van der Waals surface area contributed by atoms with Crippen molar-refractivity contribution in [2.45, 2.75) is 31.1 Å². The smallest absolute Gasteiger partial charge is 0.263 e. The highest BCUT2D eigenvalue weighted by Gasteiger charge is 2.18. The number of halogens is 1. The van der Waals surface area contributed by atoms with Crippen molar-refractivity contribution in [3.8, 4) is 0 Å². The zero-order chi connectivity index (χ0) is 15.7. The number of benzene rings is 1. The first-order valence-electron chi connectivity index (χ1n) is 6.44. The standard InChI is InChI=1S/C15H17BrN2O2S/c1-15(2,3)11-7-9-12(10-8-11)21(19,20)18-14-6-4-5-13(16)17-14/h4-10H,1-3H3,(H,17,18). The van der Waals surface area contributed by atoms with Crippen molar-refractivity contribution in [1.29, 1.82) is 0 Å². The average molecular weight is 369 g/mol. The Hall–Kier alpha value is -1.40. The van der Waals surface area contributed by atoms with Gasteiger partial charge in [0, 0.05) is 0 Å². The van der Waals surface area contributed by atoms with Crippen LogP contribution in [0, 0.1) is 0 Å². The van der Waals surface area contributed by atoms with E-state index in [0.29, 0.717) is 4.60 Å². The van der Waals surface area contributed by atoms with Crippen LogP contribution in [-0.2, 0) is 15.4 Å². The number of pyridine rings is 1. The maximum Gasteiger partial charge on any atom is 0.263 e. The third kappa shape index (κ3) is 4.04. The largest absolute Gasteiger partial charge is 0.263 e. The molecule has 0 saturated carbocycles. The quantitative estimate of drug-likeness (QED) is 0.834. The molecule has 0 amide bonds. The second kappa shape index (κ2) is 5.77. The fourth-order valence-electron chi connectivity index (χ4n) is 1.80. The first kappa shape index (κ1) is 16.0. The van der Waals surface area contributed by atoms with E-state index in [9.17, 15) is 8.42 Å². The van der Waals surface area contributed by atoms with Crippen LogP contribution in [0.15, 0.2) is 52.0 Å². The summed E-state index contributed by atoms with van der Waals surface area (Å²) in [5, 5.41) is 0. The number of sulfonamides is 1. The van der Waals surface area contributed by atoms with E-state index in [1.165, 1.54) is 0 Å². The lowest BCUT2D eigenvalue weighted by Gasteiger charge is -2.19. The zero-order valence-electron chi connectivity index (χ0n) is 12.1. The van der Waals surface area contributed by atoms with Crippen LogP contribution in [0.4, 0.5) is 5.82 Å². The first-order chi connectivity index (χ1) is 9.68. The lowest BCUT2D eigenvalue weighted by Crippen LogP contribution is -2.15. The number of hydrogen-bond donors (Lipinski definition) is 1. The van der Waals surface area contributed by atoms with Crippen LogP contribution in [0.25, 0.3) is 0 Å². The minimum atomic E-state index is -3.63. The number of aromatic nitrogens is 1. The van der Waals surface area contributed by atoms with Crippen molar-refractivity contribution in [2.24, 2.45) is 0 Å². The monoisotopic (exact) mass is 368 g/mol. The van der Waals surface area contributed by atoms with Gasteiger partial charge >= 0.3 is 0 Å². The van der Waals surface area contributed by atoms with Crippen LogP contribution in [0.5, 0.6) is 0 Å². The Morgan fingerprint density at radius 3 is 2.19 bits per heavy atom. The van der Waals surface area contributed by atoms with Gasteiger partial charge in [-0.25, -0.2) is 13.4 Å². The fraction of sp³-hybridized carbons (Fsp3) is 0.267. The molecule has 0 atom stereocenters. The van der Waals surface area contributed by atoms with Gasteiger partial charge in [-0.15, -0.1) is 0 Å². The molecule has 112 valence electrons. The van der Waals surface area contributed by atoms with E-state index in [-0.39, 0.29) is 16.1 Å². The van der Waals surface area contributed by atoms with Gasteiger partial charge in [-0.3, -0.25) is 4.72 Å². The summed E-state index contributed by atoms with van der Waals surface area (Å²) in [4.78, 5) is 4.29. The Labute approximate surface area is 133 Å². The molecule has 21 heavy (non-hydrogen) atoms. The Bertz CT molecular complexity index is 735. The van der Waals surface area contributed by atoms with Crippen LogP contribution in [0.2, 0.25) is 0 Å². The highest BCUT2D eigenvalue weighted by molar-refractivity contribution is 9.10. The summed E-state index contributed by atoms with van der Waals surface area (Å²) in [7, 11) is -3.63. The van der Waals surface area contributed by atoms with Gasteiger partial charge in [0.1, 0.15) is 10.4 Å². The minimum Gasteiger partial charge on any atom is -0.263 e. The van der Waals surface area contributed by atoms with Crippen molar-refractivity contribution in [2.75, 3.05) is 4.72 Å². The molecule has 0 saturated heterocycles. The molecule has 1 aromatic heterocycles. The average Bonchev–Trinajstić information content (AvgIpc) is 2.37. The van der Waals surface area contributed by atoms with Crippen molar-refractivity contribution >= 4 is 31.8 Å². The SMILES string of the molecule is CC(C)(C)c1ccc(S(=O)(=O)Nc2cccc(Br)n2)cc1. The molecule has 2 rings (SSSR count). The van der Waals surface area contributed by atoms with E-state index >= 15 is 0 Å². The van der Waals surface area contributed by atoms with Crippen molar-refractivity contribution in [3.63, 3.8) is 0 Å². The topological polar surface area (TPSA) is 59.1 Å². The van der Waals surface area contributed by atoms with Gasteiger partial charge in [0.05, 0.1) is 4.90 Å². The van der Waals surface area contributed by atoms with E-state index in [1.54, 1.807) is 30.3 Å². The van der Waals surface area contributed by atoms with Crippen molar-refractivity contribution in [1.82, 2.24) is 4.98 Å². The summed E-state index contributed by atoms with van der Waals surface area (Å²) in [5.74, 6) is 0.282. The first-order valence-corrected chi connectivity index (χ1v) is 8.72. The highest BCUT2D eigenvalue weighted by atomic mass is 79.9. The van der Waals surface area contributed by atoms with E-state index in [2.05, 4.69) is 46.4 Å². The number of hydrogen-bond acceptors (Lipinski definition) is 3. The molecule has 0 spiro atoms. The number of nitrogens with zero attached hydrogens (tertiary/aromatic N) is 1. The predicted octanol–water partition coefficient (Wildman–Crippen LogP) is 3.94. The van der Waals surface area contributed by atoms with Crippen LogP contribution in [0.1, 0.15) is 26.3 Å². The van der Waals surface area contributed by atoms with Gasteiger partial charge in [0.25, 0.3) is 10.0 Å². The normalized spacial score (nSPS) is 12.2. The van der Waals surface area contributed by atoms with Crippen molar-refractivity contribution < 1.29 is 8.42 Å². The molecule has 2 aromatic rings. The van der Waals surface area contributed by atoms with E-state index in [0.717, 1.165) is 5.56 Å². The molecule has 0 fully saturated rings. The summed E-state index contributed by atoms with van der Waals surface area (Å²) in [6, 6.07) is 12.0. The zero-order valence-corrected chi connectivity index (χ0v) is 14.5. The van der Waals surface area contributed by atoms with Crippen LogP contribution in [-0.4, -0.2) is 13.4 Å². The Morgan fingerprint density at radius 1 is 1.05 bits per heavy atom. The molecule has 0 unspecified atom stereocenters. The number of nitrogens with one attached hydrogen (secondary N) is 1. The van der Waals surface area contributed by atoms with Gasteiger partial charge in [-0.1, -0.05) is 39.0 Å². The van der Waals surface area contributed by atoms with Gasteiger partial charge in [0.15, 0.2) is 0 Å². The maximum atomic E-state index is 12.3. The molecule has 1 N–H and O–H groups in total. The summed E-state index contributed by atoms with van der Waals surface area (Å²) in [5.41, 5.74) is 1.07. The van der Waals surface area contributed by atoms with Crippen LogP contribution >= 0.6 is 15.9 Å². The Morgan fingerprint density at radius 2 is 1.67 bits per heavy atom. The minimum absolute atomic E-state index is 0.0123. The number of anilines is 1. The summed E-state index contributed by atoms with van der Waals surface area (Å²) in [6.07, 6.45) is 0. The third-order valence-electron chi connectivity index (χ3n) is 2.98. The van der Waals surface area contributed by atoms with Gasteiger partial charge in [-0.05, 0) is 51.2 Å². The second-order valence-corrected chi connectivity index (χ2v) is 8.22. The molecular formula is C15H17BrN2O2S. The maximum absolute atomic E-state index is 12.3. The molecule has 0 aliphatic carbocycles. The Balaban J connectivity index is 2.28. The molecule has 0 bridgehead atoms. The third-order valence-corrected chi connectivity index (χ3v) is 4.80. The lowest BCUT2D eigenvalue weighted by atomic mass is 9.87. The molecule has 1 heterocycles. The van der Waals surface area contributed by atoms with Gasteiger partial charge in [0.2, 0.25) is 0 Å².